The van der Waals surface area contributed by atoms with Gasteiger partial charge in [-0.2, -0.15) is 0 Å². The molecule has 1 unspecified atom stereocenters. The predicted molar refractivity (Wildman–Crippen MR) is 128 cm³/mol. The summed E-state index contributed by atoms with van der Waals surface area (Å²) in [5, 5.41) is 12.2. The molecule has 0 bridgehead atoms. The number of hydrazine groups is 1. The Morgan fingerprint density at radius 1 is 0.903 bits per heavy atom. The molecule has 31 heavy (non-hydrogen) atoms. The van der Waals surface area contributed by atoms with Crippen molar-refractivity contribution in [1.29, 1.82) is 0 Å². The monoisotopic (exact) mass is 416 g/mol. The molecular weight excluding hydrogens is 384 g/mol. The lowest BCUT2D eigenvalue weighted by Gasteiger charge is -2.28. The number of rotatable bonds is 1. The van der Waals surface area contributed by atoms with Crippen LogP contribution in [0, 0.1) is 0 Å². The molecular formula is C26H32N4O. The summed E-state index contributed by atoms with van der Waals surface area (Å²) in [6.07, 6.45) is 12.4. The fourth-order valence-corrected chi connectivity index (χ4v) is 5.16. The van der Waals surface area contributed by atoms with Crippen molar-refractivity contribution in [1.82, 2.24) is 21.5 Å². The van der Waals surface area contributed by atoms with E-state index in [2.05, 4.69) is 57.9 Å². The lowest BCUT2D eigenvalue weighted by Crippen LogP contribution is -2.43. The molecule has 0 amide bonds. The minimum absolute atomic E-state index is 0.195. The van der Waals surface area contributed by atoms with Gasteiger partial charge in [0.1, 0.15) is 0 Å². The molecule has 3 aliphatic rings. The molecule has 1 fully saturated rings. The topological polar surface area (TPSA) is 65.2 Å². The second-order valence-corrected chi connectivity index (χ2v) is 8.76. The van der Waals surface area contributed by atoms with Crippen molar-refractivity contribution in [3.8, 4) is 0 Å². The van der Waals surface area contributed by atoms with Gasteiger partial charge >= 0.3 is 0 Å². The first kappa shape index (κ1) is 20.6. The molecule has 2 aromatic carbocycles. The Hall–Kier alpha value is -2.31. The van der Waals surface area contributed by atoms with Gasteiger partial charge in [-0.05, 0) is 82.6 Å². The summed E-state index contributed by atoms with van der Waals surface area (Å²) in [5.41, 5.74) is 11.0. The molecule has 0 aromatic heterocycles. The number of fused-ring (bicyclic) bond motifs is 5. The maximum Gasteiger partial charge on any atom is 0.160 e. The minimum atomic E-state index is 0.195. The third-order valence-electron chi connectivity index (χ3n) is 6.72. The van der Waals surface area contributed by atoms with Crippen molar-refractivity contribution in [2.45, 2.75) is 44.6 Å². The average Bonchev–Trinajstić information content (AvgIpc) is 2.78. The molecule has 2 aromatic rings. The van der Waals surface area contributed by atoms with E-state index in [1.54, 1.807) is 6.08 Å². The summed E-state index contributed by atoms with van der Waals surface area (Å²) < 4.78 is 0. The Labute approximate surface area is 183 Å². The lowest BCUT2D eigenvalue weighted by atomic mass is 9.82. The number of aryl methyl sites for hydroxylation is 1. The smallest absolute Gasteiger partial charge is 0.160 e. The van der Waals surface area contributed by atoms with Crippen molar-refractivity contribution in [2.24, 2.45) is 0 Å². The van der Waals surface area contributed by atoms with Gasteiger partial charge in [-0.15, -0.1) is 0 Å². The second-order valence-electron chi connectivity index (χ2n) is 8.76. The van der Waals surface area contributed by atoms with Crippen molar-refractivity contribution in [3.63, 3.8) is 0 Å². The Balaban J connectivity index is 1.50. The molecule has 1 saturated heterocycles. The molecule has 5 rings (SSSR count). The number of Topliss-reactive ketones (excluding diaryl/α,β-unsaturated/α-hetero) is 1. The zero-order valence-corrected chi connectivity index (χ0v) is 18.1. The molecule has 4 N–H and O–H groups in total. The Morgan fingerprint density at radius 2 is 1.77 bits per heavy atom. The highest BCUT2D eigenvalue weighted by molar-refractivity contribution is 6.10. The largest absolute Gasteiger partial charge is 0.304 e. The van der Waals surface area contributed by atoms with Crippen LogP contribution >= 0.6 is 0 Å². The second kappa shape index (κ2) is 9.45. The van der Waals surface area contributed by atoms with E-state index < -0.39 is 0 Å². The molecule has 0 spiro atoms. The van der Waals surface area contributed by atoms with Crippen LogP contribution < -0.4 is 31.9 Å². The fourth-order valence-electron chi connectivity index (χ4n) is 5.16. The lowest BCUT2D eigenvalue weighted by molar-refractivity contribution is -0.112. The van der Waals surface area contributed by atoms with E-state index in [1.165, 1.54) is 45.5 Å². The molecule has 2 aliphatic carbocycles. The molecule has 5 nitrogen and oxygen atoms in total. The first-order valence-electron chi connectivity index (χ1n) is 11.7. The number of ketones is 1. The summed E-state index contributed by atoms with van der Waals surface area (Å²) in [7, 11) is 0. The number of hydrogen-bond donors (Lipinski definition) is 4. The van der Waals surface area contributed by atoms with E-state index in [0.29, 0.717) is 12.5 Å². The van der Waals surface area contributed by atoms with Crippen LogP contribution in [0.3, 0.4) is 0 Å². The quantitative estimate of drug-likeness (QED) is 0.567. The van der Waals surface area contributed by atoms with Crippen LogP contribution in [0.2, 0.25) is 0 Å². The van der Waals surface area contributed by atoms with Crippen molar-refractivity contribution in [3.05, 3.63) is 51.9 Å². The van der Waals surface area contributed by atoms with Gasteiger partial charge in [-0.3, -0.25) is 21.0 Å². The Kier molecular flexibility index (Phi) is 6.27. The van der Waals surface area contributed by atoms with Crippen LogP contribution in [0.5, 0.6) is 0 Å². The van der Waals surface area contributed by atoms with Crippen LogP contribution in [0.4, 0.5) is 0 Å². The number of carbonyl (C=O) groups is 1. The van der Waals surface area contributed by atoms with Crippen LogP contribution in [-0.4, -0.2) is 38.1 Å². The molecule has 1 aliphatic heterocycles. The number of nitrogens with one attached hydrogen (secondary N) is 4. The van der Waals surface area contributed by atoms with Crippen molar-refractivity contribution >= 4 is 34.3 Å². The summed E-state index contributed by atoms with van der Waals surface area (Å²) in [4.78, 5) is 11.8. The molecule has 0 saturated carbocycles. The summed E-state index contributed by atoms with van der Waals surface area (Å²) in [6, 6.07) is 9.23. The third kappa shape index (κ3) is 4.37. The van der Waals surface area contributed by atoms with Gasteiger partial charge in [0.25, 0.3) is 0 Å². The molecule has 1 heterocycles. The van der Waals surface area contributed by atoms with E-state index in [1.807, 2.05) is 0 Å². The maximum absolute atomic E-state index is 11.8. The zero-order valence-electron chi connectivity index (χ0n) is 18.1. The summed E-state index contributed by atoms with van der Waals surface area (Å²) in [5.74, 6) is 0.195. The van der Waals surface area contributed by atoms with Gasteiger partial charge in [0, 0.05) is 32.2 Å². The van der Waals surface area contributed by atoms with E-state index in [4.69, 9.17) is 0 Å². The first-order chi connectivity index (χ1) is 15.3. The Bertz CT molecular complexity index is 1120. The zero-order chi connectivity index (χ0) is 21.0. The van der Waals surface area contributed by atoms with Crippen LogP contribution in [0.1, 0.15) is 43.2 Å². The van der Waals surface area contributed by atoms with Gasteiger partial charge in [0.05, 0.1) is 0 Å². The van der Waals surface area contributed by atoms with Crippen molar-refractivity contribution < 1.29 is 4.79 Å². The number of allylic oxidation sites excluding steroid dienone is 1. The molecule has 5 heteroatoms. The van der Waals surface area contributed by atoms with Gasteiger partial charge in [-0.25, -0.2) is 0 Å². The van der Waals surface area contributed by atoms with Gasteiger partial charge in [0.2, 0.25) is 0 Å². The number of benzene rings is 2. The number of carbonyl (C=O) groups excluding carboxylic acids is 1. The normalized spacial score (nSPS) is 22.8. The maximum atomic E-state index is 11.8. The SMILES string of the molecule is O=C1C=c2ccc3c4c(ccc3c2=CC1)C(C1CCNNCCCCNCN1)=CCC4. The van der Waals surface area contributed by atoms with E-state index in [-0.39, 0.29) is 5.78 Å². The van der Waals surface area contributed by atoms with E-state index in [0.717, 1.165) is 50.8 Å². The van der Waals surface area contributed by atoms with Gasteiger partial charge in [-0.1, -0.05) is 36.4 Å². The summed E-state index contributed by atoms with van der Waals surface area (Å²) in [6.45, 7) is 3.83. The molecule has 0 radical (unpaired) electrons. The number of hydrogen-bond acceptors (Lipinski definition) is 5. The standard InChI is InChI=1S/C26H32N4O/c31-19-7-9-20-18(16-19)6-8-23-21-4-3-5-25(24(21)11-10-22(20)23)26-12-15-30-29-14-2-1-13-27-17-28-26/h5-6,8-11,16,26-30H,1-4,7,12-15,17H2. The fraction of sp³-hybridized carbons (Fsp3) is 0.423. The Morgan fingerprint density at radius 3 is 2.74 bits per heavy atom. The summed E-state index contributed by atoms with van der Waals surface area (Å²) >= 11 is 0. The van der Waals surface area contributed by atoms with E-state index in [9.17, 15) is 4.79 Å². The third-order valence-corrected chi connectivity index (χ3v) is 6.72. The van der Waals surface area contributed by atoms with Crippen molar-refractivity contribution in [2.75, 3.05) is 26.3 Å². The minimum Gasteiger partial charge on any atom is -0.304 e. The van der Waals surface area contributed by atoms with Crippen LogP contribution in [0.25, 0.3) is 28.5 Å². The average molecular weight is 417 g/mol. The molecule has 1 atom stereocenters. The predicted octanol–water partition coefficient (Wildman–Crippen LogP) is 1.49. The molecule has 162 valence electrons. The highest BCUT2D eigenvalue weighted by atomic mass is 16.1. The van der Waals surface area contributed by atoms with Gasteiger partial charge < -0.3 is 5.32 Å². The first-order valence-corrected chi connectivity index (χ1v) is 11.7. The van der Waals surface area contributed by atoms with Gasteiger partial charge in [0.15, 0.2) is 5.78 Å². The van der Waals surface area contributed by atoms with E-state index >= 15 is 0 Å². The highest BCUT2D eigenvalue weighted by Gasteiger charge is 2.22. The highest BCUT2D eigenvalue weighted by Crippen LogP contribution is 2.33. The van der Waals surface area contributed by atoms with Crippen LogP contribution in [0.15, 0.2) is 30.3 Å². The van der Waals surface area contributed by atoms with Crippen LogP contribution in [-0.2, 0) is 11.2 Å².